The smallest absolute Gasteiger partial charge is 0.281 e. The Balaban J connectivity index is 1.46. The van der Waals surface area contributed by atoms with E-state index in [9.17, 15) is 18.0 Å². The van der Waals surface area contributed by atoms with Crippen LogP contribution in [0.5, 0.6) is 0 Å². The van der Waals surface area contributed by atoms with Crippen LogP contribution in [0.2, 0.25) is 5.02 Å². The fourth-order valence-corrected chi connectivity index (χ4v) is 6.15. The van der Waals surface area contributed by atoms with Crippen molar-refractivity contribution in [3.05, 3.63) is 80.9 Å². The number of benzene rings is 2. The van der Waals surface area contributed by atoms with E-state index in [0.29, 0.717) is 41.4 Å². The Bertz CT molecular complexity index is 1630. The molecule has 5 rings (SSSR count). The number of fused-ring (bicyclic) bond motifs is 1. The van der Waals surface area contributed by atoms with E-state index in [4.69, 9.17) is 11.6 Å². The molecule has 4 aromatic rings. The molecule has 3 heterocycles. The zero-order valence-corrected chi connectivity index (χ0v) is 21.0. The summed E-state index contributed by atoms with van der Waals surface area (Å²) >= 11 is 6.28. The van der Waals surface area contributed by atoms with Crippen molar-refractivity contribution in [2.24, 2.45) is 0 Å². The van der Waals surface area contributed by atoms with Crippen molar-refractivity contribution in [1.29, 1.82) is 0 Å². The lowest BCUT2D eigenvalue weighted by atomic mass is 9.99. The Morgan fingerprint density at radius 2 is 2.00 bits per heavy atom. The predicted molar refractivity (Wildman–Crippen MR) is 134 cm³/mol. The highest BCUT2D eigenvalue weighted by molar-refractivity contribution is 7.89. The number of aromatic amines is 1. The molecule has 10 nitrogen and oxygen atoms in total. The van der Waals surface area contributed by atoms with Gasteiger partial charge in [0.1, 0.15) is 5.82 Å². The van der Waals surface area contributed by atoms with Crippen LogP contribution in [-0.2, 0) is 16.6 Å². The van der Waals surface area contributed by atoms with Crippen molar-refractivity contribution in [3.8, 4) is 0 Å². The van der Waals surface area contributed by atoms with Gasteiger partial charge in [-0.2, -0.15) is 4.31 Å². The zero-order valence-electron chi connectivity index (χ0n) is 19.4. The summed E-state index contributed by atoms with van der Waals surface area (Å²) in [6.07, 6.45) is 1.25. The quantitative estimate of drug-likeness (QED) is 0.382. The van der Waals surface area contributed by atoms with E-state index < -0.39 is 15.6 Å². The van der Waals surface area contributed by atoms with E-state index in [-0.39, 0.29) is 35.2 Å². The van der Waals surface area contributed by atoms with Gasteiger partial charge >= 0.3 is 0 Å². The van der Waals surface area contributed by atoms with Crippen LogP contribution < -0.4 is 5.56 Å². The summed E-state index contributed by atoms with van der Waals surface area (Å²) in [6, 6.07) is 13.3. The van der Waals surface area contributed by atoms with Crippen molar-refractivity contribution in [1.82, 2.24) is 29.3 Å². The molecule has 36 heavy (non-hydrogen) atoms. The number of halogens is 1. The van der Waals surface area contributed by atoms with Crippen molar-refractivity contribution >= 4 is 38.6 Å². The number of carbonyl (C=O) groups excluding carboxylic acids is 1. The molecule has 0 aliphatic carbocycles. The van der Waals surface area contributed by atoms with Crippen molar-refractivity contribution in [3.63, 3.8) is 0 Å². The first-order chi connectivity index (χ1) is 17.2. The molecule has 1 aliphatic rings. The molecule has 1 fully saturated rings. The third kappa shape index (κ3) is 4.57. The second-order valence-electron chi connectivity index (χ2n) is 8.75. The number of Topliss-reactive ketones (excluding diaryl/α,β-unsaturated/α-hetero) is 1. The van der Waals surface area contributed by atoms with Crippen molar-refractivity contribution in [2.75, 3.05) is 13.1 Å². The largest absolute Gasteiger partial charge is 0.308 e. The van der Waals surface area contributed by atoms with E-state index in [1.807, 2.05) is 18.2 Å². The van der Waals surface area contributed by atoms with Crippen LogP contribution in [-0.4, -0.2) is 56.6 Å². The molecule has 1 atom stereocenters. The molecule has 1 saturated heterocycles. The highest BCUT2D eigenvalue weighted by Crippen LogP contribution is 2.29. The van der Waals surface area contributed by atoms with Crippen LogP contribution in [0.25, 0.3) is 11.2 Å². The summed E-state index contributed by atoms with van der Waals surface area (Å²) < 4.78 is 29.6. The molecule has 1 N–H and O–H groups in total. The molecule has 0 amide bonds. The third-order valence-electron chi connectivity index (χ3n) is 6.32. The summed E-state index contributed by atoms with van der Waals surface area (Å²) in [5, 5.41) is 8.63. The molecular formula is C24H23ClN6O4S. The minimum Gasteiger partial charge on any atom is -0.308 e. The van der Waals surface area contributed by atoms with Crippen LogP contribution >= 0.6 is 11.6 Å². The first kappa shape index (κ1) is 24.3. The Morgan fingerprint density at radius 1 is 1.19 bits per heavy atom. The summed E-state index contributed by atoms with van der Waals surface area (Å²) in [5.41, 5.74) is 1.11. The van der Waals surface area contributed by atoms with Gasteiger partial charge in [0.05, 0.1) is 11.4 Å². The van der Waals surface area contributed by atoms with Crippen LogP contribution in [0, 0.1) is 0 Å². The van der Waals surface area contributed by atoms with Crippen molar-refractivity contribution < 1.29 is 13.2 Å². The molecule has 0 saturated carbocycles. The van der Waals surface area contributed by atoms with Gasteiger partial charge < -0.3 is 4.98 Å². The summed E-state index contributed by atoms with van der Waals surface area (Å²) in [7, 11) is -3.84. The number of aromatic nitrogens is 5. The fraction of sp³-hybridized carbons (Fsp3) is 0.292. The summed E-state index contributed by atoms with van der Waals surface area (Å²) in [4.78, 5) is 32.0. The number of carbonyl (C=O) groups is 1. The second-order valence-corrected chi connectivity index (χ2v) is 11.1. The molecule has 2 aromatic heterocycles. The Hall–Kier alpha value is -3.41. The molecule has 0 radical (unpaired) electrons. The van der Waals surface area contributed by atoms with Gasteiger partial charge in [-0.1, -0.05) is 47.1 Å². The number of hydrogen-bond acceptors (Lipinski definition) is 7. The molecular weight excluding hydrogens is 504 g/mol. The zero-order chi connectivity index (χ0) is 25.4. The number of piperidine rings is 1. The number of ketones is 1. The van der Waals surface area contributed by atoms with E-state index in [1.165, 1.54) is 28.0 Å². The standard InChI is InChI=1S/C24H23ClN6O4S/c1-15(32)16-7-4-9-19(12-16)36(34,35)30-11-5-8-18(13-30)22-26-23-21(24(33)27-22)28-29-31(23)14-17-6-2-3-10-20(17)25/h2-4,6-7,9-10,12,18H,5,8,11,13-14H2,1H3,(H,26,27,33)/t18-/m0/s1. The van der Waals surface area contributed by atoms with Crippen LogP contribution in [0.1, 0.15) is 47.4 Å². The number of rotatable bonds is 6. The van der Waals surface area contributed by atoms with Gasteiger partial charge in [-0.05, 0) is 43.5 Å². The van der Waals surface area contributed by atoms with Gasteiger partial charge in [0.15, 0.2) is 16.9 Å². The Morgan fingerprint density at radius 3 is 2.78 bits per heavy atom. The van der Waals surface area contributed by atoms with Crippen LogP contribution in [0.15, 0.2) is 58.2 Å². The number of nitrogens with one attached hydrogen (secondary N) is 1. The summed E-state index contributed by atoms with van der Waals surface area (Å²) in [5.74, 6) is -0.154. The number of H-pyrrole nitrogens is 1. The van der Waals surface area contributed by atoms with E-state index in [2.05, 4.69) is 20.3 Å². The topological polar surface area (TPSA) is 131 Å². The van der Waals surface area contributed by atoms with E-state index >= 15 is 0 Å². The minimum atomic E-state index is -3.84. The van der Waals surface area contributed by atoms with E-state index in [0.717, 1.165) is 5.56 Å². The number of sulfonamides is 1. The molecule has 0 unspecified atom stereocenters. The number of nitrogens with zero attached hydrogens (tertiary/aromatic N) is 5. The monoisotopic (exact) mass is 526 g/mol. The maximum Gasteiger partial charge on any atom is 0.281 e. The highest BCUT2D eigenvalue weighted by Gasteiger charge is 2.32. The Kier molecular flexibility index (Phi) is 6.45. The molecule has 12 heteroatoms. The molecule has 2 aromatic carbocycles. The lowest BCUT2D eigenvalue weighted by molar-refractivity contribution is 0.101. The van der Waals surface area contributed by atoms with Gasteiger partial charge in [-0.25, -0.2) is 18.1 Å². The highest BCUT2D eigenvalue weighted by atomic mass is 35.5. The normalized spacial score (nSPS) is 16.9. The van der Waals surface area contributed by atoms with Crippen LogP contribution in [0.3, 0.4) is 0 Å². The minimum absolute atomic E-state index is 0.0646. The average Bonchev–Trinajstić information content (AvgIpc) is 3.29. The third-order valence-corrected chi connectivity index (χ3v) is 8.55. The number of hydrogen-bond donors (Lipinski definition) is 1. The van der Waals surface area contributed by atoms with Crippen LogP contribution in [0.4, 0.5) is 0 Å². The predicted octanol–water partition coefficient (Wildman–Crippen LogP) is 2.99. The van der Waals surface area contributed by atoms with Crippen molar-refractivity contribution in [2.45, 2.75) is 37.1 Å². The maximum atomic E-state index is 13.4. The first-order valence-electron chi connectivity index (χ1n) is 11.4. The molecule has 1 aliphatic heterocycles. The first-order valence-corrected chi connectivity index (χ1v) is 13.2. The average molecular weight is 527 g/mol. The lowest BCUT2D eigenvalue weighted by Crippen LogP contribution is -2.40. The molecule has 0 bridgehead atoms. The maximum absolute atomic E-state index is 13.4. The second kappa shape index (κ2) is 9.57. The van der Waals surface area contributed by atoms with E-state index in [1.54, 1.807) is 18.2 Å². The SMILES string of the molecule is CC(=O)c1cccc(S(=O)(=O)N2CCC[C@H](c3nc4c(nnn4Cc4ccccc4Cl)c(=O)[nH]3)C2)c1. The van der Waals surface area contributed by atoms with Gasteiger partial charge in [0.25, 0.3) is 5.56 Å². The lowest BCUT2D eigenvalue weighted by Gasteiger charge is -2.31. The molecule has 186 valence electrons. The fourth-order valence-electron chi connectivity index (χ4n) is 4.38. The van der Waals surface area contributed by atoms with Gasteiger partial charge in [-0.3, -0.25) is 9.59 Å². The van der Waals surface area contributed by atoms with Gasteiger partial charge in [-0.15, -0.1) is 5.10 Å². The molecule has 0 spiro atoms. The summed E-state index contributed by atoms with van der Waals surface area (Å²) in [6.45, 7) is 2.16. The van der Waals surface area contributed by atoms with Gasteiger partial charge in [0, 0.05) is 29.6 Å². The Labute approximate surface area is 212 Å². The van der Waals surface area contributed by atoms with Gasteiger partial charge in [0.2, 0.25) is 10.0 Å².